The van der Waals surface area contributed by atoms with E-state index in [0.717, 1.165) is 6.16 Å². The van der Waals surface area contributed by atoms with Crippen molar-refractivity contribution >= 4 is 17.9 Å². The minimum absolute atomic E-state index is 1.15. The van der Waals surface area contributed by atoms with Gasteiger partial charge in [0.05, 0.1) is 0 Å². The van der Waals surface area contributed by atoms with E-state index in [-0.39, 0.29) is 0 Å². The van der Waals surface area contributed by atoms with Gasteiger partial charge in [0.2, 0.25) is 0 Å². The number of benzene rings is 3. The Morgan fingerprint density at radius 3 is 1.70 bits per heavy atom. The van der Waals surface area contributed by atoms with Gasteiger partial charge >= 0.3 is 140 Å². The van der Waals surface area contributed by atoms with Crippen LogP contribution in [0.1, 0.15) is 16.7 Å². The third-order valence-corrected chi connectivity index (χ3v) is 9.17. The molecule has 0 N–H and O–H groups in total. The van der Waals surface area contributed by atoms with Gasteiger partial charge in [-0.25, -0.2) is 0 Å². The Labute approximate surface area is 140 Å². The summed E-state index contributed by atoms with van der Waals surface area (Å²) < 4.78 is 0. The molecule has 0 aromatic heterocycles. The second kappa shape index (κ2) is 6.69. The third-order valence-electron chi connectivity index (χ3n) is 4.86. The first-order chi connectivity index (χ1) is 11.1. The number of rotatable bonds is 4. The van der Waals surface area contributed by atoms with Crippen LogP contribution in [0.3, 0.4) is 0 Å². The fourth-order valence-electron chi connectivity index (χ4n) is 3.41. The fraction of sp³-hybridized carbons (Fsp3) is 0.182. The second-order valence-electron chi connectivity index (χ2n) is 6.67. The molecule has 1 heteroatoms. The quantitative estimate of drug-likeness (QED) is 0.604. The Morgan fingerprint density at radius 2 is 1.22 bits per heavy atom. The second-order valence-corrected chi connectivity index (χ2v) is 10.8. The van der Waals surface area contributed by atoms with E-state index < -0.39 is 7.26 Å². The van der Waals surface area contributed by atoms with Crippen LogP contribution in [0.4, 0.5) is 0 Å². The van der Waals surface area contributed by atoms with Crippen molar-refractivity contribution in [2.45, 2.75) is 20.0 Å². The molecule has 0 nitrogen and oxygen atoms in total. The van der Waals surface area contributed by atoms with Crippen LogP contribution in [0.15, 0.2) is 78.9 Å². The molecule has 0 heterocycles. The fourth-order valence-corrected chi connectivity index (χ4v) is 7.16. The van der Waals surface area contributed by atoms with Crippen LogP contribution < -0.4 is 10.6 Å². The third kappa shape index (κ3) is 3.38. The molecule has 0 spiro atoms. The molecule has 0 aliphatic heterocycles. The van der Waals surface area contributed by atoms with Gasteiger partial charge < -0.3 is 0 Å². The van der Waals surface area contributed by atoms with Gasteiger partial charge in [0.1, 0.15) is 0 Å². The summed E-state index contributed by atoms with van der Waals surface area (Å²) in [5.41, 5.74) is 4.24. The summed E-state index contributed by atoms with van der Waals surface area (Å²) in [6.07, 6.45) is 1.15. The summed E-state index contributed by atoms with van der Waals surface area (Å²) in [7, 11) is -1.79. The van der Waals surface area contributed by atoms with Crippen molar-refractivity contribution in [3.05, 3.63) is 95.6 Å². The first kappa shape index (κ1) is 16.0. The molecule has 3 rings (SSSR count). The van der Waals surface area contributed by atoms with Crippen molar-refractivity contribution < 1.29 is 0 Å². The molecule has 0 bridgehead atoms. The molecular weight excluding hydrogens is 295 g/mol. The zero-order valence-electron chi connectivity index (χ0n) is 14.2. The molecule has 0 radical (unpaired) electrons. The standard InChI is InChI=1S/C22H25P/c1-18-14-15-20(19(2)16-18)17-23(3,21-10-6-4-7-11-21)22-12-8-5-9-13-22/h4-16,23H,17H2,1-3H3. The van der Waals surface area contributed by atoms with Crippen LogP contribution in [-0.2, 0) is 6.16 Å². The molecule has 0 unspecified atom stereocenters. The molecule has 0 amide bonds. The van der Waals surface area contributed by atoms with Gasteiger partial charge in [0, 0.05) is 0 Å². The Kier molecular flexibility index (Phi) is 4.64. The van der Waals surface area contributed by atoms with E-state index in [2.05, 4.69) is 99.4 Å². The van der Waals surface area contributed by atoms with Crippen LogP contribution in [0, 0.1) is 13.8 Å². The number of aryl methyl sites for hydroxylation is 2. The molecule has 23 heavy (non-hydrogen) atoms. The zero-order chi connectivity index (χ0) is 16.3. The van der Waals surface area contributed by atoms with E-state index in [9.17, 15) is 0 Å². The molecule has 118 valence electrons. The van der Waals surface area contributed by atoms with Crippen molar-refractivity contribution in [2.75, 3.05) is 6.66 Å². The van der Waals surface area contributed by atoms with Gasteiger partial charge in [-0.15, -0.1) is 0 Å². The van der Waals surface area contributed by atoms with Gasteiger partial charge in [-0.1, -0.05) is 0 Å². The summed E-state index contributed by atoms with van der Waals surface area (Å²) in [4.78, 5) is 0. The number of hydrogen-bond acceptors (Lipinski definition) is 0. The van der Waals surface area contributed by atoms with Crippen molar-refractivity contribution in [1.29, 1.82) is 0 Å². The van der Waals surface area contributed by atoms with Gasteiger partial charge in [-0.3, -0.25) is 0 Å². The van der Waals surface area contributed by atoms with E-state index >= 15 is 0 Å². The monoisotopic (exact) mass is 320 g/mol. The van der Waals surface area contributed by atoms with Gasteiger partial charge in [0.15, 0.2) is 0 Å². The van der Waals surface area contributed by atoms with Crippen molar-refractivity contribution in [3.8, 4) is 0 Å². The van der Waals surface area contributed by atoms with E-state index in [1.54, 1.807) is 0 Å². The molecule has 0 saturated carbocycles. The maximum atomic E-state index is 2.50. The Bertz CT molecular complexity index is 736. The molecule has 0 saturated heterocycles. The molecule has 3 aromatic rings. The summed E-state index contributed by atoms with van der Waals surface area (Å²) in [6, 6.07) is 29.0. The Morgan fingerprint density at radius 1 is 0.696 bits per heavy atom. The van der Waals surface area contributed by atoms with Crippen LogP contribution >= 0.6 is 7.26 Å². The van der Waals surface area contributed by atoms with Crippen molar-refractivity contribution in [2.24, 2.45) is 0 Å². The summed E-state index contributed by atoms with van der Waals surface area (Å²) in [6.45, 7) is 6.91. The molecule has 0 aliphatic rings. The van der Waals surface area contributed by atoms with Crippen LogP contribution in [0.25, 0.3) is 0 Å². The van der Waals surface area contributed by atoms with Crippen molar-refractivity contribution in [3.63, 3.8) is 0 Å². The molecular formula is C22H25P. The van der Waals surface area contributed by atoms with Gasteiger partial charge in [0.25, 0.3) is 0 Å². The molecule has 3 aromatic carbocycles. The number of hydrogen-bond donors (Lipinski definition) is 0. The van der Waals surface area contributed by atoms with E-state index in [4.69, 9.17) is 0 Å². The normalized spacial score (nSPS) is 12.1. The molecule has 0 atom stereocenters. The predicted molar refractivity (Wildman–Crippen MR) is 106 cm³/mol. The van der Waals surface area contributed by atoms with E-state index in [1.165, 1.54) is 27.3 Å². The van der Waals surface area contributed by atoms with E-state index in [1.807, 2.05) is 0 Å². The van der Waals surface area contributed by atoms with Crippen LogP contribution in [-0.4, -0.2) is 6.66 Å². The first-order valence-electron chi connectivity index (χ1n) is 8.27. The Balaban J connectivity index is 2.09. The van der Waals surface area contributed by atoms with Crippen molar-refractivity contribution in [1.82, 2.24) is 0 Å². The first-order valence-corrected chi connectivity index (χ1v) is 11.0. The van der Waals surface area contributed by atoms with Crippen LogP contribution in [0.5, 0.6) is 0 Å². The molecule has 0 aliphatic carbocycles. The molecule has 0 fully saturated rings. The Hall–Kier alpha value is -1.91. The zero-order valence-corrected chi connectivity index (χ0v) is 15.2. The SMILES string of the molecule is Cc1ccc(C[PH](C)(c2ccccc2)c2ccccc2)c(C)c1. The summed E-state index contributed by atoms with van der Waals surface area (Å²) >= 11 is 0. The summed E-state index contributed by atoms with van der Waals surface area (Å²) in [5, 5.41) is 3.01. The van der Waals surface area contributed by atoms with E-state index in [0.29, 0.717) is 0 Å². The minimum atomic E-state index is -1.79. The predicted octanol–water partition coefficient (Wildman–Crippen LogP) is 4.83. The van der Waals surface area contributed by atoms with Gasteiger partial charge in [-0.05, 0) is 0 Å². The van der Waals surface area contributed by atoms with Crippen LogP contribution in [0.2, 0.25) is 0 Å². The maximum absolute atomic E-state index is 2.50. The topological polar surface area (TPSA) is 0 Å². The average Bonchev–Trinajstić information content (AvgIpc) is 2.59. The van der Waals surface area contributed by atoms with Gasteiger partial charge in [-0.2, -0.15) is 0 Å². The summed E-state index contributed by atoms with van der Waals surface area (Å²) in [5.74, 6) is 0. The average molecular weight is 320 g/mol.